The van der Waals surface area contributed by atoms with Gasteiger partial charge in [0.2, 0.25) is 0 Å². The standard InChI is InChI=1S/C10H16ClNO.ClH/c1-7(2)3-4-8(12)9-5-6-10(11)13-9;/h5-8H,3-4,12H2,1-2H3;1H/t8-;/m0./s1. The number of hydrogen-bond acceptors (Lipinski definition) is 2. The van der Waals surface area contributed by atoms with Crippen molar-refractivity contribution in [2.75, 3.05) is 0 Å². The number of nitrogens with two attached hydrogens (primary N) is 1. The Morgan fingerprint density at radius 3 is 2.43 bits per heavy atom. The minimum absolute atomic E-state index is 0. The number of rotatable bonds is 4. The first kappa shape index (κ1) is 13.8. The average molecular weight is 238 g/mol. The zero-order valence-electron chi connectivity index (χ0n) is 8.50. The van der Waals surface area contributed by atoms with Crippen molar-refractivity contribution in [1.82, 2.24) is 0 Å². The molecule has 2 N–H and O–H groups in total. The molecule has 0 aliphatic heterocycles. The molecule has 1 aromatic heterocycles. The lowest BCUT2D eigenvalue weighted by molar-refractivity contribution is 0.425. The van der Waals surface area contributed by atoms with Crippen LogP contribution in [0, 0.1) is 5.92 Å². The van der Waals surface area contributed by atoms with Gasteiger partial charge in [-0.05, 0) is 42.5 Å². The van der Waals surface area contributed by atoms with Crippen LogP contribution < -0.4 is 5.73 Å². The second-order valence-electron chi connectivity index (χ2n) is 3.72. The fourth-order valence-electron chi connectivity index (χ4n) is 1.18. The van der Waals surface area contributed by atoms with E-state index in [1.807, 2.05) is 6.07 Å². The number of hydrogen-bond donors (Lipinski definition) is 1. The van der Waals surface area contributed by atoms with Crippen molar-refractivity contribution < 1.29 is 4.42 Å². The van der Waals surface area contributed by atoms with Gasteiger partial charge in [-0.1, -0.05) is 13.8 Å². The van der Waals surface area contributed by atoms with Gasteiger partial charge in [0, 0.05) is 0 Å². The number of halogens is 2. The SMILES string of the molecule is CC(C)CC[C@H](N)c1ccc(Cl)o1.Cl. The second kappa shape index (κ2) is 6.33. The zero-order valence-corrected chi connectivity index (χ0v) is 10.1. The van der Waals surface area contributed by atoms with Crippen LogP contribution >= 0.6 is 24.0 Å². The Kier molecular flexibility index (Phi) is 6.25. The fraction of sp³-hybridized carbons (Fsp3) is 0.600. The van der Waals surface area contributed by atoms with Gasteiger partial charge in [-0.3, -0.25) is 0 Å². The van der Waals surface area contributed by atoms with E-state index in [1.165, 1.54) is 0 Å². The lowest BCUT2D eigenvalue weighted by Gasteiger charge is -2.09. The minimum Gasteiger partial charge on any atom is -0.448 e. The molecule has 1 rings (SSSR count). The van der Waals surface area contributed by atoms with E-state index in [-0.39, 0.29) is 18.4 Å². The maximum Gasteiger partial charge on any atom is 0.193 e. The van der Waals surface area contributed by atoms with Gasteiger partial charge in [-0.2, -0.15) is 0 Å². The third-order valence-corrected chi connectivity index (χ3v) is 2.22. The fourth-order valence-corrected chi connectivity index (χ4v) is 1.33. The molecule has 0 radical (unpaired) electrons. The summed E-state index contributed by atoms with van der Waals surface area (Å²) in [5.41, 5.74) is 5.90. The highest BCUT2D eigenvalue weighted by atomic mass is 35.5. The third-order valence-electron chi connectivity index (χ3n) is 2.01. The third kappa shape index (κ3) is 4.36. The van der Waals surface area contributed by atoms with E-state index in [4.69, 9.17) is 21.8 Å². The first-order valence-corrected chi connectivity index (χ1v) is 4.98. The van der Waals surface area contributed by atoms with Gasteiger partial charge in [0.1, 0.15) is 5.76 Å². The Morgan fingerprint density at radius 2 is 2.00 bits per heavy atom. The lowest BCUT2D eigenvalue weighted by Crippen LogP contribution is -2.10. The summed E-state index contributed by atoms with van der Waals surface area (Å²) in [5, 5.41) is 0.412. The van der Waals surface area contributed by atoms with Gasteiger partial charge in [0.15, 0.2) is 5.22 Å². The molecule has 14 heavy (non-hydrogen) atoms. The van der Waals surface area contributed by atoms with Crippen LogP contribution in [0.15, 0.2) is 16.5 Å². The predicted octanol–water partition coefficient (Wildman–Crippen LogP) is 3.79. The Bertz CT molecular complexity index is 260. The van der Waals surface area contributed by atoms with Crippen LogP contribution in [0.4, 0.5) is 0 Å². The molecule has 0 amide bonds. The molecule has 4 heteroatoms. The van der Waals surface area contributed by atoms with Crippen LogP contribution in [-0.4, -0.2) is 0 Å². The van der Waals surface area contributed by atoms with Crippen molar-refractivity contribution >= 4 is 24.0 Å². The summed E-state index contributed by atoms with van der Waals surface area (Å²) < 4.78 is 5.22. The van der Waals surface area contributed by atoms with Gasteiger partial charge in [-0.25, -0.2) is 0 Å². The predicted molar refractivity (Wildman–Crippen MR) is 62.0 cm³/mol. The topological polar surface area (TPSA) is 39.2 Å². The van der Waals surface area contributed by atoms with Gasteiger partial charge < -0.3 is 10.2 Å². The van der Waals surface area contributed by atoms with Crippen LogP contribution in [-0.2, 0) is 0 Å². The Morgan fingerprint density at radius 1 is 1.36 bits per heavy atom. The van der Waals surface area contributed by atoms with Crippen molar-refractivity contribution in [2.24, 2.45) is 11.7 Å². The van der Waals surface area contributed by atoms with E-state index >= 15 is 0 Å². The smallest absolute Gasteiger partial charge is 0.193 e. The molecule has 0 bridgehead atoms. The lowest BCUT2D eigenvalue weighted by atomic mass is 10.0. The summed E-state index contributed by atoms with van der Waals surface area (Å²) in [4.78, 5) is 0. The summed E-state index contributed by atoms with van der Waals surface area (Å²) in [6.07, 6.45) is 2.06. The Labute approximate surface area is 96.2 Å². The molecule has 2 nitrogen and oxygen atoms in total. The minimum atomic E-state index is -0.0186. The Hall–Kier alpha value is -0.180. The molecule has 1 atom stereocenters. The molecule has 0 aliphatic carbocycles. The van der Waals surface area contributed by atoms with Crippen molar-refractivity contribution in [3.05, 3.63) is 23.1 Å². The molecule has 1 aromatic rings. The number of furan rings is 1. The normalized spacial score (nSPS) is 12.6. The van der Waals surface area contributed by atoms with Crippen molar-refractivity contribution in [1.29, 1.82) is 0 Å². The molecule has 0 aromatic carbocycles. The molecule has 0 unspecified atom stereocenters. The monoisotopic (exact) mass is 237 g/mol. The highest BCUT2D eigenvalue weighted by Gasteiger charge is 2.10. The first-order chi connectivity index (χ1) is 6.09. The highest BCUT2D eigenvalue weighted by Crippen LogP contribution is 2.22. The van der Waals surface area contributed by atoms with Crippen LogP contribution in [0.25, 0.3) is 0 Å². The molecule has 0 saturated carbocycles. The molecule has 82 valence electrons. The maximum absolute atomic E-state index is 5.90. The van der Waals surface area contributed by atoms with Crippen molar-refractivity contribution in [3.8, 4) is 0 Å². The van der Waals surface area contributed by atoms with Crippen LogP contribution in [0.3, 0.4) is 0 Å². The average Bonchev–Trinajstić information content (AvgIpc) is 2.47. The molecular formula is C10H17Cl2NO. The van der Waals surface area contributed by atoms with Crippen molar-refractivity contribution in [3.63, 3.8) is 0 Å². The molecule has 0 fully saturated rings. The molecule has 0 spiro atoms. The first-order valence-electron chi connectivity index (χ1n) is 4.60. The van der Waals surface area contributed by atoms with Gasteiger partial charge >= 0.3 is 0 Å². The van der Waals surface area contributed by atoms with E-state index in [9.17, 15) is 0 Å². The maximum atomic E-state index is 5.90. The molecule has 0 aliphatic rings. The zero-order chi connectivity index (χ0) is 9.84. The summed E-state index contributed by atoms with van der Waals surface area (Å²) in [6, 6.07) is 3.55. The van der Waals surface area contributed by atoms with E-state index in [2.05, 4.69) is 13.8 Å². The molecule has 1 heterocycles. The van der Waals surface area contributed by atoms with Crippen LogP contribution in [0.5, 0.6) is 0 Å². The van der Waals surface area contributed by atoms with Gasteiger partial charge in [-0.15, -0.1) is 12.4 Å². The summed E-state index contributed by atoms with van der Waals surface area (Å²) >= 11 is 5.64. The van der Waals surface area contributed by atoms with Crippen LogP contribution in [0.2, 0.25) is 5.22 Å². The Balaban J connectivity index is 0.00000169. The highest BCUT2D eigenvalue weighted by molar-refractivity contribution is 6.28. The van der Waals surface area contributed by atoms with Gasteiger partial charge in [0.25, 0.3) is 0 Å². The summed E-state index contributed by atoms with van der Waals surface area (Å²) in [7, 11) is 0. The summed E-state index contributed by atoms with van der Waals surface area (Å²) in [6.45, 7) is 4.36. The summed E-state index contributed by atoms with van der Waals surface area (Å²) in [5.74, 6) is 1.46. The van der Waals surface area contributed by atoms with E-state index in [0.717, 1.165) is 18.6 Å². The van der Waals surface area contributed by atoms with E-state index in [0.29, 0.717) is 11.1 Å². The quantitative estimate of drug-likeness (QED) is 0.866. The molecular weight excluding hydrogens is 221 g/mol. The van der Waals surface area contributed by atoms with E-state index in [1.54, 1.807) is 6.07 Å². The van der Waals surface area contributed by atoms with Crippen LogP contribution in [0.1, 0.15) is 38.5 Å². The largest absolute Gasteiger partial charge is 0.448 e. The second-order valence-corrected chi connectivity index (χ2v) is 4.09. The van der Waals surface area contributed by atoms with Gasteiger partial charge in [0.05, 0.1) is 6.04 Å². The van der Waals surface area contributed by atoms with Crippen molar-refractivity contribution in [2.45, 2.75) is 32.7 Å². The molecule has 0 saturated heterocycles. The van der Waals surface area contributed by atoms with E-state index < -0.39 is 0 Å².